The molecule has 0 radical (unpaired) electrons. The molecule has 0 amide bonds. The molecule has 0 saturated carbocycles. The summed E-state index contributed by atoms with van der Waals surface area (Å²) >= 11 is 0. The van der Waals surface area contributed by atoms with Crippen molar-refractivity contribution in [3.05, 3.63) is 101 Å². The smallest absolute Gasteiger partial charge is 0.350 e. The van der Waals surface area contributed by atoms with Crippen LogP contribution in [0.25, 0.3) is 5.69 Å². The predicted octanol–water partition coefficient (Wildman–Crippen LogP) is 2.48. The van der Waals surface area contributed by atoms with Gasteiger partial charge in [0, 0.05) is 49.5 Å². The molecule has 2 aromatic carbocycles. The van der Waals surface area contributed by atoms with Crippen LogP contribution in [0.4, 0.5) is 11.5 Å². The second kappa shape index (κ2) is 13.7. The second-order valence-corrected chi connectivity index (χ2v) is 11.7. The predicted molar refractivity (Wildman–Crippen MR) is 177 cm³/mol. The lowest BCUT2D eigenvalue weighted by molar-refractivity contribution is -0.191. The molecule has 2 saturated heterocycles. The maximum absolute atomic E-state index is 12.6. The average Bonchev–Trinajstić information content (AvgIpc) is 3.90. The molecule has 0 aliphatic carbocycles. The van der Waals surface area contributed by atoms with Crippen LogP contribution < -0.4 is 20.2 Å². The van der Waals surface area contributed by atoms with Crippen LogP contribution in [0.15, 0.2) is 84.3 Å². The summed E-state index contributed by atoms with van der Waals surface area (Å²) in [6.07, 6.45) is 10.9. The zero-order valence-corrected chi connectivity index (χ0v) is 26.6. The fourth-order valence-electron chi connectivity index (χ4n) is 5.99. The van der Waals surface area contributed by atoms with Crippen LogP contribution in [0.1, 0.15) is 24.5 Å². The lowest BCUT2D eigenvalue weighted by Crippen LogP contribution is -2.46. The van der Waals surface area contributed by atoms with Crippen molar-refractivity contribution >= 4 is 11.5 Å². The lowest BCUT2D eigenvalue weighted by Gasteiger charge is -2.36. The van der Waals surface area contributed by atoms with Gasteiger partial charge in [0.2, 0.25) is 5.79 Å². The molecule has 2 fully saturated rings. The van der Waals surface area contributed by atoms with E-state index in [4.69, 9.17) is 20.6 Å². The highest BCUT2D eigenvalue weighted by Gasteiger charge is 2.44. The first-order valence-corrected chi connectivity index (χ1v) is 16.0. The summed E-state index contributed by atoms with van der Waals surface area (Å²) in [7, 11) is 0. The summed E-state index contributed by atoms with van der Waals surface area (Å²) in [5.74, 6) is 3.10. The van der Waals surface area contributed by atoms with Gasteiger partial charge < -0.3 is 24.0 Å². The SMILES string of the molecule is C#Cc1ccc([C@]2(Cn3cnnn3)OC[C@@H](COc3ccc(N4CCN(c5ccc(-n6cnn(CCC)c6=O)cc5)CC4)nc3)O2)cc1. The third-order valence-corrected chi connectivity index (χ3v) is 8.53. The van der Waals surface area contributed by atoms with Crippen molar-refractivity contribution in [1.29, 1.82) is 0 Å². The van der Waals surface area contributed by atoms with Crippen LogP contribution in [0.5, 0.6) is 5.75 Å². The van der Waals surface area contributed by atoms with E-state index < -0.39 is 5.79 Å². The minimum absolute atomic E-state index is 0.120. The Morgan fingerprint density at radius 3 is 2.44 bits per heavy atom. The van der Waals surface area contributed by atoms with Crippen molar-refractivity contribution in [2.75, 3.05) is 49.2 Å². The van der Waals surface area contributed by atoms with Crippen molar-refractivity contribution in [3.63, 3.8) is 0 Å². The Bertz CT molecular complexity index is 1890. The number of anilines is 2. The molecule has 7 rings (SSSR count). The molecule has 2 aliphatic heterocycles. The fraction of sp³-hybridized carbons (Fsp3) is 0.353. The molecule has 0 bridgehead atoms. The summed E-state index contributed by atoms with van der Waals surface area (Å²) < 4.78 is 23.4. The molecule has 246 valence electrons. The van der Waals surface area contributed by atoms with E-state index >= 15 is 0 Å². The quantitative estimate of drug-likeness (QED) is 0.196. The summed E-state index contributed by atoms with van der Waals surface area (Å²) in [6.45, 7) is 6.89. The maximum atomic E-state index is 12.6. The van der Waals surface area contributed by atoms with Crippen molar-refractivity contribution in [2.24, 2.45) is 0 Å². The molecule has 0 spiro atoms. The van der Waals surface area contributed by atoms with Gasteiger partial charge in [-0.05, 0) is 65.4 Å². The number of hydrogen-bond donors (Lipinski definition) is 0. The van der Waals surface area contributed by atoms with E-state index in [1.807, 2.05) is 55.5 Å². The van der Waals surface area contributed by atoms with E-state index in [1.54, 1.807) is 21.8 Å². The van der Waals surface area contributed by atoms with Crippen LogP contribution in [-0.4, -0.2) is 85.0 Å². The summed E-state index contributed by atoms with van der Waals surface area (Å²) in [4.78, 5) is 21.9. The summed E-state index contributed by atoms with van der Waals surface area (Å²) in [5, 5.41) is 15.7. The molecular formula is C34H36N10O4. The normalized spacial score (nSPS) is 19.4. The highest BCUT2D eigenvalue weighted by molar-refractivity contribution is 5.53. The van der Waals surface area contributed by atoms with Gasteiger partial charge in [-0.2, -0.15) is 5.10 Å². The molecule has 5 aromatic rings. The van der Waals surface area contributed by atoms with Gasteiger partial charge in [0.05, 0.1) is 18.5 Å². The zero-order chi connectivity index (χ0) is 32.9. The van der Waals surface area contributed by atoms with Crippen LogP contribution in [0, 0.1) is 12.3 Å². The van der Waals surface area contributed by atoms with Gasteiger partial charge in [-0.3, -0.25) is 0 Å². The largest absolute Gasteiger partial charge is 0.489 e. The Hall–Kier alpha value is -5.52. The molecule has 3 aromatic heterocycles. The Kier molecular flexibility index (Phi) is 8.87. The summed E-state index contributed by atoms with van der Waals surface area (Å²) in [6, 6.07) is 19.5. The Labute approximate surface area is 277 Å². The lowest BCUT2D eigenvalue weighted by atomic mass is 10.0. The van der Waals surface area contributed by atoms with E-state index in [0.29, 0.717) is 18.9 Å². The van der Waals surface area contributed by atoms with Gasteiger partial charge in [-0.25, -0.2) is 23.7 Å². The number of ether oxygens (including phenoxy) is 3. The minimum atomic E-state index is -1.08. The van der Waals surface area contributed by atoms with Gasteiger partial charge in [0.1, 0.15) is 43.5 Å². The molecular weight excluding hydrogens is 612 g/mol. The highest BCUT2D eigenvalue weighted by atomic mass is 16.8. The third kappa shape index (κ3) is 6.51. The molecule has 2 aliphatic rings. The van der Waals surface area contributed by atoms with E-state index in [0.717, 1.165) is 60.9 Å². The number of pyridine rings is 1. The van der Waals surface area contributed by atoms with E-state index in [2.05, 4.69) is 53.5 Å². The van der Waals surface area contributed by atoms with Crippen LogP contribution >= 0.6 is 0 Å². The van der Waals surface area contributed by atoms with Crippen molar-refractivity contribution in [3.8, 4) is 23.8 Å². The van der Waals surface area contributed by atoms with Crippen molar-refractivity contribution in [1.82, 2.24) is 39.5 Å². The van der Waals surface area contributed by atoms with Crippen molar-refractivity contribution in [2.45, 2.75) is 38.3 Å². The number of rotatable bonds is 11. The molecule has 0 unspecified atom stereocenters. The Morgan fingerprint density at radius 1 is 0.979 bits per heavy atom. The van der Waals surface area contributed by atoms with Gasteiger partial charge >= 0.3 is 5.69 Å². The first kappa shape index (κ1) is 31.1. The number of aromatic nitrogens is 8. The standard InChI is InChI=1S/C34H36N10O4/c1-3-15-44-33(45)43(25-37-44)29-11-9-28(10-12-29)40-16-18-41(19-17-40)32-14-13-30(20-35-32)46-21-31-22-47-34(48-31,23-42-24-36-38-39-42)27-7-5-26(4-2)6-8-27/h2,5-14,20,24-25,31H,3,15-19,21-23H2,1H3/t31-,34-/m1/s1. The molecule has 0 N–H and O–H groups in total. The molecule has 48 heavy (non-hydrogen) atoms. The number of terminal acetylenes is 1. The minimum Gasteiger partial charge on any atom is -0.489 e. The van der Waals surface area contributed by atoms with Gasteiger partial charge in [0.15, 0.2) is 0 Å². The van der Waals surface area contributed by atoms with Crippen LogP contribution in [0.3, 0.4) is 0 Å². The zero-order valence-electron chi connectivity index (χ0n) is 26.6. The first-order chi connectivity index (χ1) is 23.5. The first-order valence-electron chi connectivity index (χ1n) is 16.0. The Balaban J connectivity index is 0.919. The van der Waals surface area contributed by atoms with Gasteiger partial charge in [-0.15, -0.1) is 11.5 Å². The monoisotopic (exact) mass is 648 g/mol. The molecule has 14 nitrogen and oxygen atoms in total. The van der Waals surface area contributed by atoms with Gasteiger partial charge in [0.25, 0.3) is 0 Å². The number of hydrogen-bond acceptors (Lipinski definition) is 11. The number of nitrogens with zero attached hydrogens (tertiary/aromatic N) is 10. The van der Waals surface area contributed by atoms with Crippen LogP contribution in [0.2, 0.25) is 0 Å². The number of aryl methyl sites for hydroxylation is 1. The van der Waals surface area contributed by atoms with Crippen LogP contribution in [-0.2, 0) is 28.4 Å². The van der Waals surface area contributed by atoms with E-state index in [1.165, 1.54) is 11.0 Å². The topological polar surface area (TPSA) is 130 Å². The summed E-state index contributed by atoms with van der Waals surface area (Å²) in [5.41, 5.74) is 3.39. The second-order valence-electron chi connectivity index (χ2n) is 11.7. The fourth-order valence-corrected chi connectivity index (χ4v) is 5.99. The van der Waals surface area contributed by atoms with E-state index in [9.17, 15) is 4.79 Å². The average molecular weight is 649 g/mol. The van der Waals surface area contributed by atoms with E-state index in [-0.39, 0.29) is 24.9 Å². The number of benzene rings is 2. The third-order valence-electron chi connectivity index (χ3n) is 8.53. The molecule has 14 heteroatoms. The van der Waals surface area contributed by atoms with Crippen molar-refractivity contribution < 1.29 is 14.2 Å². The molecule has 5 heterocycles. The maximum Gasteiger partial charge on any atom is 0.350 e. The number of piperazine rings is 1. The number of tetrazole rings is 1. The highest BCUT2D eigenvalue weighted by Crippen LogP contribution is 2.36. The van der Waals surface area contributed by atoms with Gasteiger partial charge in [-0.1, -0.05) is 25.0 Å². The molecule has 2 atom stereocenters. The Morgan fingerprint density at radius 2 is 1.75 bits per heavy atom.